The summed E-state index contributed by atoms with van der Waals surface area (Å²) in [6.07, 6.45) is 1.66. The van der Waals surface area contributed by atoms with Gasteiger partial charge >= 0.3 is 0 Å². The number of anilines is 1. The third-order valence-corrected chi connectivity index (χ3v) is 4.97. The Hall–Kier alpha value is -2.27. The van der Waals surface area contributed by atoms with Crippen LogP contribution >= 0.6 is 11.3 Å². The van der Waals surface area contributed by atoms with Crippen molar-refractivity contribution in [3.05, 3.63) is 53.4 Å². The Labute approximate surface area is 139 Å². The van der Waals surface area contributed by atoms with Crippen molar-refractivity contribution in [1.82, 2.24) is 9.97 Å². The minimum Gasteiger partial charge on any atom is -0.384 e. The van der Waals surface area contributed by atoms with Gasteiger partial charge in [-0.3, -0.25) is 0 Å². The Balaban J connectivity index is 2.26. The number of benzene rings is 1. The summed E-state index contributed by atoms with van der Waals surface area (Å²) in [6.45, 7) is 6.30. The van der Waals surface area contributed by atoms with Gasteiger partial charge < -0.3 is 5.73 Å². The van der Waals surface area contributed by atoms with Crippen LogP contribution in [0.3, 0.4) is 0 Å². The lowest BCUT2D eigenvalue weighted by Crippen LogP contribution is -2.10. The van der Waals surface area contributed by atoms with E-state index < -0.39 is 0 Å². The van der Waals surface area contributed by atoms with E-state index in [9.17, 15) is 4.39 Å². The van der Waals surface area contributed by atoms with Gasteiger partial charge in [-0.1, -0.05) is 32.9 Å². The molecule has 0 saturated heterocycles. The first-order chi connectivity index (χ1) is 10.9. The Morgan fingerprint density at radius 3 is 2.52 bits per heavy atom. The molecule has 3 nitrogen and oxygen atoms in total. The van der Waals surface area contributed by atoms with Crippen molar-refractivity contribution >= 4 is 17.2 Å². The van der Waals surface area contributed by atoms with Crippen LogP contribution in [0, 0.1) is 5.82 Å². The largest absolute Gasteiger partial charge is 0.384 e. The first-order valence-electron chi connectivity index (χ1n) is 7.34. The minimum absolute atomic E-state index is 0.110. The van der Waals surface area contributed by atoms with Crippen LogP contribution in [0.4, 0.5) is 10.2 Å². The number of aromatic nitrogens is 2. The second kappa shape index (κ2) is 5.74. The van der Waals surface area contributed by atoms with Gasteiger partial charge in [0, 0.05) is 17.2 Å². The summed E-state index contributed by atoms with van der Waals surface area (Å²) < 4.78 is 14.3. The summed E-state index contributed by atoms with van der Waals surface area (Å²) in [7, 11) is 0. The molecule has 0 radical (unpaired) electrons. The molecule has 1 aromatic carbocycles. The molecular formula is C18H18FN3S. The number of nitrogen functional groups attached to an aromatic ring is 1. The molecule has 118 valence electrons. The molecule has 0 aliphatic carbocycles. The van der Waals surface area contributed by atoms with Crippen LogP contribution in [0.5, 0.6) is 0 Å². The first kappa shape index (κ1) is 15.6. The standard InChI is InChI=1S/C18H18FN3S/c1-18(2,3)17-22-15(12-6-4-5-7-13(12)19)16(23-17)11-8-9-21-14(20)10-11/h4-10H,1-3H3,(H2,20,21). The van der Waals surface area contributed by atoms with Crippen LogP contribution in [0.2, 0.25) is 0 Å². The van der Waals surface area contributed by atoms with E-state index in [1.165, 1.54) is 6.07 Å². The van der Waals surface area contributed by atoms with E-state index >= 15 is 0 Å². The van der Waals surface area contributed by atoms with Crippen molar-refractivity contribution in [2.75, 3.05) is 5.73 Å². The van der Waals surface area contributed by atoms with E-state index in [-0.39, 0.29) is 11.2 Å². The normalized spacial score (nSPS) is 11.7. The van der Waals surface area contributed by atoms with Gasteiger partial charge in [-0.05, 0) is 29.8 Å². The molecule has 3 rings (SSSR count). The number of nitrogens with zero attached hydrogens (tertiary/aromatic N) is 2. The highest BCUT2D eigenvalue weighted by Gasteiger charge is 2.24. The molecule has 0 unspecified atom stereocenters. The molecule has 3 aromatic rings. The summed E-state index contributed by atoms with van der Waals surface area (Å²) in [5.41, 5.74) is 7.76. The maximum absolute atomic E-state index is 14.3. The molecule has 0 fully saturated rings. The molecule has 2 N–H and O–H groups in total. The fourth-order valence-electron chi connectivity index (χ4n) is 2.26. The molecule has 5 heteroatoms. The fourth-order valence-corrected chi connectivity index (χ4v) is 3.40. The number of pyridine rings is 1. The molecule has 23 heavy (non-hydrogen) atoms. The van der Waals surface area contributed by atoms with Crippen molar-refractivity contribution in [3.8, 4) is 21.7 Å². The third-order valence-electron chi connectivity index (χ3n) is 3.44. The van der Waals surface area contributed by atoms with E-state index in [1.807, 2.05) is 12.1 Å². The SMILES string of the molecule is CC(C)(C)c1nc(-c2ccccc2F)c(-c2ccnc(N)c2)s1. The number of nitrogens with two attached hydrogens (primary N) is 1. The summed E-state index contributed by atoms with van der Waals surface area (Å²) in [5.74, 6) is 0.161. The van der Waals surface area contributed by atoms with Gasteiger partial charge in [0.2, 0.25) is 0 Å². The molecule has 0 saturated carbocycles. The van der Waals surface area contributed by atoms with Crippen molar-refractivity contribution in [2.45, 2.75) is 26.2 Å². The monoisotopic (exact) mass is 327 g/mol. The van der Waals surface area contributed by atoms with Crippen LogP contribution in [0.25, 0.3) is 21.7 Å². The Bertz CT molecular complexity index is 849. The highest BCUT2D eigenvalue weighted by Crippen LogP contribution is 2.41. The van der Waals surface area contributed by atoms with Crippen LogP contribution in [0.15, 0.2) is 42.6 Å². The van der Waals surface area contributed by atoms with Crippen LogP contribution in [0.1, 0.15) is 25.8 Å². The van der Waals surface area contributed by atoms with Crippen molar-refractivity contribution < 1.29 is 4.39 Å². The van der Waals surface area contributed by atoms with Gasteiger partial charge in [0.05, 0.1) is 15.6 Å². The molecule has 0 bridgehead atoms. The van der Waals surface area contributed by atoms with E-state index in [1.54, 1.807) is 35.7 Å². The molecular weight excluding hydrogens is 309 g/mol. The van der Waals surface area contributed by atoms with Crippen LogP contribution < -0.4 is 5.73 Å². The number of hydrogen-bond acceptors (Lipinski definition) is 4. The number of hydrogen-bond donors (Lipinski definition) is 1. The second-order valence-corrected chi connectivity index (χ2v) is 7.40. The molecule has 0 aliphatic rings. The fraction of sp³-hybridized carbons (Fsp3) is 0.222. The summed E-state index contributed by atoms with van der Waals surface area (Å²) in [6, 6.07) is 10.4. The van der Waals surface area contributed by atoms with Crippen LogP contribution in [-0.4, -0.2) is 9.97 Å². The van der Waals surface area contributed by atoms with E-state index in [4.69, 9.17) is 10.7 Å². The second-order valence-electron chi connectivity index (χ2n) is 6.40. The number of thiazole rings is 1. The smallest absolute Gasteiger partial charge is 0.132 e. The van der Waals surface area contributed by atoms with Gasteiger partial charge in [0.1, 0.15) is 11.6 Å². The average Bonchev–Trinajstić information content (AvgIpc) is 2.93. The maximum atomic E-state index is 14.3. The Kier molecular flexibility index (Phi) is 3.90. The van der Waals surface area contributed by atoms with Crippen LogP contribution in [-0.2, 0) is 5.41 Å². The van der Waals surface area contributed by atoms with E-state index in [0.29, 0.717) is 17.1 Å². The molecule has 0 spiro atoms. The van der Waals surface area contributed by atoms with Crippen molar-refractivity contribution in [2.24, 2.45) is 0 Å². The predicted molar refractivity (Wildman–Crippen MR) is 93.9 cm³/mol. The van der Waals surface area contributed by atoms with Gasteiger partial charge in [-0.2, -0.15) is 0 Å². The highest BCUT2D eigenvalue weighted by molar-refractivity contribution is 7.15. The lowest BCUT2D eigenvalue weighted by Gasteiger charge is -2.13. The minimum atomic E-state index is -0.276. The third kappa shape index (κ3) is 3.10. The Morgan fingerprint density at radius 1 is 1.13 bits per heavy atom. The zero-order chi connectivity index (χ0) is 16.6. The Morgan fingerprint density at radius 2 is 1.87 bits per heavy atom. The lowest BCUT2D eigenvalue weighted by molar-refractivity contribution is 0.585. The van der Waals surface area contributed by atoms with E-state index in [0.717, 1.165) is 15.4 Å². The van der Waals surface area contributed by atoms with Crippen molar-refractivity contribution in [1.29, 1.82) is 0 Å². The molecule has 2 heterocycles. The highest BCUT2D eigenvalue weighted by atomic mass is 32.1. The zero-order valence-corrected chi connectivity index (χ0v) is 14.1. The van der Waals surface area contributed by atoms with Gasteiger partial charge in [0.15, 0.2) is 0 Å². The molecule has 0 aliphatic heterocycles. The maximum Gasteiger partial charge on any atom is 0.132 e. The van der Waals surface area contributed by atoms with Gasteiger partial charge in [-0.25, -0.2) is 14.4 Å². The van der Waals surface area contributed by atoms with Crippen molar-refractivity contribution in [3.63, 3.8) is 0 Å². The summed E-state index contributed by atoms with van der Waals surface area (Å²) in [5, 5.41) is 0.959. The zero-order valence-electron chi connectivity index (χ0n) is 13.3. The average molecular weight is 327 g/mol. The number of rotatable bonds is 2. The molecule has 0 atom stereocenters. The predicted octanol–water partition coefficient (Wildman–Crippen LogP) is 4.89. The van der Waals surface area contributed by atoms with E-state index in [2.05, 4.69) is 25.8 Å². The summed E-state index contributed by atoms with van der Waals surface area (Å²) >= 11 is 1.57. The topological polar surface area (TPSA) is 51.8 Å². The summed E-state index contributed by atoms with van der Waals surface area (Å²) in [4.78, 5) is 9.68. The van der Waals surface area contributed by atoms with Gasteiger partial charge in [0.25, 0.3) is 0 Å². The quantitative estimate of drug-likeness (QED) is 0.729. The lowest BCUT2D eigenvalue weighted by atomic mass is 9.98. The molecule has 2 aromatic heterocycles. The van der Waals surface area contributed by atoms with Gasteiger partial charge in [-0.15, -0.1) is 11.3 Å². The first-order valence-corrected chi connectivity index (χ1v) is 8.16. The number of halogens is 1. The molecule has 0 amide bonds.